The third kappa shape index (κ3) is 6.61. The molecular formula is C32H44N8O3. The molecule has 11 nitrogen and oxygen atoms in total. The lowest BCUT2D eigenvalue weighted by Crippen LogP contribution is -2.48. The maximum absolute atomic E-state index is 11.4. The van der Waals surface area contributed by atoms with E-state index in [-0.39, 0.29) is 23.7 Å². The van der Waals surface area contributed by atoms with Crippen molar-refractivity contribution in [2.45, 2.75) is 83.8 Å². The lowest BCUT2D eigenvalue weighted by molar-refractivity contribution is 0.0927. The van der Waals surface area contributed by atoms with Crippen LogP contribution in [0.2, 0.25) is 0 Å². The summed E-state index contributed by atoms with van der Waals surface area (Å²) in [7, 11) is 0. The molecule has 1 aromatic carbocycles. The number of carbonyl (C=O) groups is 1. The number of nitrogens with one attached hydrogen (secondary N) is 3. The largest absolute Gasteiger partial charge is 0.465 e. The maximum atomic E-state index is 11.4. The number of fused-ring (bicyclic) bond motifs is 1. The summed E-state index contributed by atoms with van der Waals surface area (Å²) in [5.74, 6) is 2.94. The summed E-state index contributed by atoms with van der Waals surface area (Å²) in [6.07, 6.45) is 7.88. The monoisotopic (exact) mass is 588 g/mol. The topological polar surface area (TPSA) is 141 Å². The van der Waals surface area contributed by atoms with E-state index >= 15 is 0 Å². The number of ether oxygens (including phenoxy) is 1. The van der Waals surface area contributed by atoms with Crippen molar-refractivity contribution < 1.29 is 14.6 Å². The first-order chi connectivity index (χ1) is 20.9. The van der Waals surface area contributed by atoms with Gasteiger partial charge >= 0.3 is 6.09 Å². The van der Waals surface area contributed by atoms with Crippen LogP contribution in [0.5, 0.6) is 0 Å². The SMILES string of the molecule is C[C@@H](Nc1nc(C(=N)NC(=O)O)nc2nc(N3CCOC[C@H]3Cc3ccccc3)n(C[C@H]3CC[C@H](C)CC3)c12)C1CCC1. The van der Waals surface area contributed by atoms with Gasteiger partial charge < -0.3 is 24.6 Å². The van der Waals surface area contributed by atoms with E-state index in [2.05, 4.69) is 63.2 Å². The number of rotatable bonds is 9. The van der Waals surface area contributed by atoms with Crippen LogP contribution in [0, 0.1) is 23.2 Å². The zero-order valence-electron chi connectivity index (χ0n) is 25.3. The zero-order chi connectivity index (χ0) is 29.9. The normalized spacial score (nSPS) is 23.5. The van der Waals surface area contributed by atoms with Crippen LogP contribution < -0.4 is 15.5 Å². The van der Waals surface area contributed by atoms with E-state index in [0.717, 1.165) is 30.3 Å². The smallest absolute Gasteiger partial charge is 0.410 e. The van der Waals surface area contributed by atoms with Crippen LogP contribution >= 0.6 is 0 Å². The Morgan fingerprint density at radius 3 is 2.58 bits per heavy atom. The number of imidazole rings is 1. The van der Waals surface area contributed by atoms with Gasteiger partial charge in [0.1, 0.15) is 5.52 Å². The van der Waals surface area contributed by atoms with Crippen LogP contribution in [0.4, 0.5) is 16.6 Å². The quantitative estimate of drug-likeness (QED) is 0.195. The van der Waals surface area contributed by atoms with Gasteiger partial charge in [0.15, 0.2) is 23.1 Å². The van der Waals surface area contributed by atoms with Gasteiger partial charge in [-0.25, -0.2) is 14.8 Å². The van der Waals surface area contributed by atoms with Gasteiger partial charge in [-0.05, 0) is 62.3 Å². The molecule has 6 rings (SSSR count). The summed E-state index contributed by atoms with van der Waals surface area (Å²) in [5, 5.41) is 23.5. The second kappa shape index (κ2) is 12.9. The Morgan fingerprint density at radius 2 is 1.88 bits per heavy atom. The zero-order valence-corrected chi connectivity index (χ0v) is 25.3. The van der Waals surface area contributed by atoms with E-state index in [1.165, 1.54) is 50.5 Å². The highest BCUT2D eigenvalue weighted by Crippen LogP contribution is 2.36. The second-order valence-electron chi connectivity index (χ2n) is 12.8. The molecule has 1 aliphatic heterocycles. The highest BCUT2D eigenvalue weighted by atomic mass is 16.5. The first kappa shape index (κ1) is 29.3. The predicted molar refractivity (Wildman–Crippen MR) is 167 cm³/mol. The summed E-state index contributed by atoms with van der Waals surface area (Å²) in [6, 6.07) is 10.8. The molecule has 2 aliphatic carbocycles. The van der Waals surface area contributed by atoms with Crippen LogP contribution in [-0.2, 0) is 17.7 Å². The molecule has 3 aliphatic rings. The Bertz CT molecular complexity index is 1430. The Labute approximate surface area is 253 Å². The van der Waals surface area contributed by atoms with Gasteiger partial charge in [-0.15, -0.1) is 0 Å². The van der Waals surface area contributed by atoms with Crippen LogP contribution in [0.3, 0.4) is 0 Å². The van der Waals surface area contributed by atoms with Crippen LogP contribution in [0.25, 0.3) is 11.2 Å². The van der Waals surface area contributed by atoms with Crippen molar-refractivity contribution in [2.24, 2.45) is 17.8 Å². The van der Waals surface area contributed by atoms with E-state index in [1.54, 1.807) is 0 Å². The van der Waals surface area contributed by atoms with Crippen molar-refractivity contribution in [1.29, 1.82) is 5.41 Å². The number of nitrogens with zero attached hydrogens (tertiary/aromatic N) is 5. The maximum Gasteiger partial charge on any atom is 0.410 e. The third-order valence-corrected chi connectivity index (χ3v) is 9.63. The second-order valence-corrected chi connectivity index (χ2v) is 12.8. The Balaban J connectivity index is 1.45. The van der Waals surface area contributed by atoms with Gasteiger partial charge in [0.25, 0.3) is 0 Å². The molecule has 2 saturated carbocycles. The number of carboxylic acid groups (broad SMARTS) is 1. The average Bonchev–Trinajstić information content (AvgIpc) is 3.32. The highest BCUT2D eigenvalue weighted by Gasteiger charge is 2.32. The predicted octanol–water partition coefficient (Wildman–Crippen LogP) is 5.29. The van der Waals surface area contributed by atoms with Gasteiger partial charge in [0, 0.05) is 19.1 Å². The van der Waals surface area contributed by atoms with E-state index in [4.69, 9.17) is 20.1 Å². The molecule has 11 heteroatoms. The molecule has 0 bridgehead atoms. The fourth-order valence-corrected chi connectivity index (χ4v) is 6.81. The molecule has 43 heavy (non-hydrogen) atoms. The number of hydrogen-bond donors (Lipinski definition) is 4. The Morgan fingerprint density at radius 1 is 1.12 bits per heavy atom. The van der Waals surface area contributed by atoms with E-state index in [0.29, 0.717) is 43.1 Å². The lowest BCUT2D eigenvalue weighted by Gasteiger charge is -2.37. The van der Waals surface area contributed by atoms with Crippen molar-refractivity contribution in [3.8, 4) is 0 Å². The Kier molecular flexibility index (Phi) is 8.78. The number of anilines is 2. The first-order valence-corrected chi connectivity index (χ1v) is 15.9. The van der Waals surface area contributed by atoms with E-state index in [9.17, 15) is 9.90 Å². The number of aromatic nitrogens is 4. The summed E-state index contributed by atoms with van der Waals surface area (Å²) < 4.78 is 8.29. The van der Waals surface area contributed by atoms with Gasteiger partial charge in [0.2, 0.25) is 5.95 Å². The van der Waals surface area contributed by atoms with Crippen LogP contribution in [0.15, 0.2) is 30.3 Å². The van der Waals surface area contributed by atoms with Crippen molar-refractivity contribution in [3.05, 3.63) is 41.7 Å². The number of morpholine rings is 1. The van der Waals surface area contributed by atoms with Gasteiger partial charge in [-0.3, -0.25) is 10.7 Å². The molecule has 2 aromatic heterocycles. The van der Waals surface area contributed by atoms with Crippen molar-refractivity contribution in [2.75, 3.05) is 30.0 Å². The van der Waals surface area contributed by atoms with Crippen molar-refractivity contribution in [1.82, 2.24) is 24.8 Å². The molecule has 4 N–H and O–H groups in total. The molecule has 3 heterocycles. The molecule has 2 atom stereocenters. The van der Waals surface area contributed by atoms with Crippen molar-refractivity contribution in [3.63, 3.8) is 0 Å². The molecule has 0 spiro atoms. The fraction of sp³-hybridized carbons (Fsp3) is 0.594. The molecule has 1 amide bonds. The minimum absolute atomic E-state index is 0.0173. The van der Waals surface area contributed by atoms with E-state index in [1.807, 2.05) is 6.07 Å². The number of amides is 1. The summed E-state index contributed by atoms with van der Waals surface area (Å²) >= 11 is 0. The standard InChI is InChI=1S/C32H44N8O3/c1-20-11-13-23(14-12-20)18-40-26-28(34-21(2)24-9-6-10-24)36-30(27(33)35-32(41)42)37-29(26)38-31(40)39-15-16-43-19-25(39)17-22-7-4-3-5-8-22/h3-5,7-8,20-21,23-25H,6,9-19H2,1-2H3,(H2,33,35)(H,41,42)(H,34,36,37)/t20-,21-,23-,25-/m1/s1. The minimum atomic E-state index is -1.32. The molecular weight excluding hydrogens is 544 g/mol. The molecule has 0 radical (unpaired) electrons. The Hall–Kier alpha value is -3.73. The highest BCUT2D eigenvalue weighted by molar-refractivity contribution is 6.03. The lowest BCUT2D eigenvalue weighted by atomic mass is 9.80. The molecule has 3 fully saturated rings. The number of hydrogen-bond acceptors (Lipinski definition) is 8. The summed E-state index contributed by atoms with van der Waals surface area (Å²) in [6.45, 7) is 7.26. The van der Waals surface area contributed by atoms with Gasteiger partial charge in [0.05, 0.1) is 19.3 Å². The summed E-state index contributed by atoms with van der Waals surface area (Å²) in [5.41, 5.74) is 2.56. The minimum Gasteiger partial charge on any atom is -0.465 e. The first-order valence-electron chi connectivity index (χ1n) is 15.9. The molecule has 3 aromatic rings. The number of benzene rings is 1. The van der Waals surface area contributed by atoms with Crippen LogP contribution in [0.1, 0.15) is 70.2 Å². The van der Waals surface area contributed by atoms with Crippen LogP contribution in [-0.4, -0.2) is 68.4 Å². The fourth-order valence-electron chi connectivity index (χ4n) is 6.81. The summed E-state index contributed by atoms with van der Waals surface area (Å²) in [4.78, 5) is 28.3. The van der Waals surface area contributed by atoms with Crippen molar-refractivity contribution >= 4 is 34.9 Å². The van der Waals surface area contributed by atoms with E-state index < -0.39 is 6.09 Å². The number of amidine groups is 1. The molecule has 230 valence electrons. The van der Waals surface area contributed by atoms with Gasteiger partial charge in [-0.2, -0.15) is 4.98 Å². The third-order valence-electron chi connectivity index (χ3n) is 9.63. The molecule has 0 unspecified atom stereocenters. The molecule has 1 saturated heterocycles. The van der Waals surface area contributed by atoms with Gasteiger partial charge in [-0.1, -0.05) is 56.5 Å². The average molecular weight is 589 g/mol.